The molecule has 0 aromatic heterocycles. The second kappa shape index (κ2) is 6.63. The molecule has 0 bridgehead atoms. The van der Waals surface area contributed by atoms with E-state index >= 15 is 0 Å². The Hall–Kier alpha value is -0.570. The minimum atomic E-state index is -0.214. The van der Waals surface area contributed by atoms with Crippen molar-refractivity contribution in [1.82, 2.24) is 0 Å². The van der Waals surface area contributed by atoms with Crippen LogP contribution in [0.1, 0.15) is 60.3 Å². The normalized spacial score (nSPS) is 35.8. The topological polar surface area (TPSA) is 26.3 Å². The summed E-state index contributed by atoms with van der Waals surface area (Å²) in [5.74, 6) is 2.47. The van der Waals surface area contributed by atoms with Gasteiger partial charge in [0.15, 0.2) is 0 Å². The average Bonchev–Trinajstić information content (AvgIpc) is 2.83. The smallest absolute Gasteiger partial charge is 0.312 e. The molecule has 3 nitrogen and oxygen atoms in total. The Morgan fingerprint density at radius 3 is 2.33 bits per heavy atom. The van der Waals surface area contributed by atoms with Crippen LogP contribution in [0.5, 0.6) is 0 Å². The van der Waals surface area contributed by atoms with Crippen LogP contribution in [-0.4, -0.2) is 44.7 Å². The first-order valence-corrected chi connectivity index (χ1v) is 9.88. The van der Waals surface area contributed by atoms with E-state index in [1.807, 2.05) is 0 Å². The summed E-state index contributed by atoms with van der Waals surface area (Å²) in [4.78, 5) is 13.2. The summed E-state index contributed by atoms with van der Waals surface area (Å²) in [6.07, 6.45) is 4.37. The number of hydrogen-bond donors (Lipinski definition) is 0. The van der Waals surface area contributed by atoms with Crippen molar-refractivity contribution in [2.45, 2.75) is 60.3 Å². The van der Waals surface area contributed by atoms with Gasteiger partial charge in [0, 0.05) is 0 Å². The van der Waals surface area contributed by atoms with Gasteiger partial charge in [0.2, 0.25) is 0 Å². The molecule has 24 heavy (non-hydrogen) atoms. The first kappa shape index (κ1) is 19.8. The second-order valence-electron chi connectivity index (χ2n) is 10.6. The standard InChI is InChI=1S/C21H40NO2/c1-15(2)17-9-10-21(19(23)24-14-13-22(6,7)8)12-11-20(4,5)16(3)18(17)21/h15-18H,9-14H2,1-8H3/q+1/t16?,17-,18?,21-/m0/s1. The lowest BCUT2D eigenvalue weighted by Gasteiger charge is -2.51. The molecule has 2 aliphatic carbocycles. The van der Waals surface area contributed by atoms with E-state index in [2.05, 4.69) is 55.8 Å². The molecule has 0 amide bonds. The predicted octanol–water partition coefficient (Wildman–Crippen LogP) is 4.36. The van der Waals surface area contributed by atoms with E-state index in [1.54, 1.807) is 0 Å². The van der Waals surface area contributed by atoms with Crippen LogP contribution >= 0.6 is 0 Å². The third kappa shape index (κ3) is 3.66. The zero-order valence-corrected chi connectivity index (χ0v) is 17.3. The van der Waals surface area contributed by atoms with Crippen LogP contribution in [-0.2, 0) is 9.53 Å². The SMILES string of the molecule is CC(C)[C@@H]1CC[C@]2(C(=O)OCC[N+](C)(C)C)CCC(C)(C)C(C)C12. The van der Waals surface area contributed by atoms with Crippen LogP contribution in [0.4, 0.5) is 0 Å². The first-order chi connectivity index (χ1) is 10.9. The Morgan fingerprint density at radius 1 is 1.17 bits per heavy atom. The van der Waals surface area contributed by atoms with Crippen molar-refractivity contribution in [3.8, 4) is 0 Å². The highest BCUT2D eigenvalue weighted by atomic mass is 16.5. The van der Waals surface area contributed by atoms with E-state index in [0.29, 0.717) is 35.7 Å². The molecule has 0 saturated heterocycles. The summed E-state index contributed by atoms with van der Waals surface area (Å²) in [6.45, 7) is 13.2. The van der Waals surface area contributed by atoms with Crippen molar-refractivity contribution in [3.05, 3.63) is 0 Å². The Kier molecular flexibility index (Phi) is 5.45. The first-order valence-electron chi connectivity index (χ1n) is 9.88. The van der Waals surface area contributed by atoms with Crippen molar-refractivity contribution in [2.24, 2.45) is 34.5 Å². The van der Waals surface area contributed by atoms with Gasteiger partial charge in [0.1, 0.15) is 13.2 Å². The number of quaternary nitrogens is 1. The van der Waals surface area contributed by atoms with Crippen LogP contribution in [0.2, 0.25) is 0 Å². The molecule has 0 aromatic carbocycles. The maximum atomic E-state index is 13.2. The van der Waals surface area contributed by atoms with Gasteiger partial charge in [-0.2, -0.15) is 0 Å². The highest BCUT2D eigenvalue weighted by Gasteiger charge is 2.61. The molecule has 2 unspecified atom stereocenters. The lowest BCUT2D eigenvalue weighted by Crippen LogP contribution is -2.50. The largest absolute Gasteiger partial charge is 0.459 e. The van der Waals surface area contributed by atoms with Gasteiger partial charge in [-0.15, -0.1) is 0 Å². The maximum absolute atomic E-state index is 13.2. The number of hydrogen-bond acceptors (Lipinski definition) is 2. The van der Waals surface area contributed by atoms with Gasteiger partial charge < -0.3 is 9.22 Å². The monoisotopic (exact) mass is 338 g/mol. The molecule has 0 aliphatic heterocycles. The third-order valence-corrected chi connectivity index (χ3v) is 7.27. The summed E-state index contributed by atoms with van der Waals surface area (Å²) in [5, 5.41) is 0. The number of esters is 1. The van der Waals surface area contributed by atoms with Gasteiger partial charge in [-0.1, -0.05) is 34.6 Å². The fraction of sp³-hybridized carbons (Fsp3) is 0.952. The molecule has 4 atom stereocenters. The Labute approximate surface area is 149 Å². The number of fused-ring (bicyclic) bond motifs is 1. The van der Waals surface area contributed by atoms with Gasteiger partial charge in [-0.3, -0.25) is 4.79 Å². The highest BCUT2D eigenvalue weighted by molar-refractivity contribution is 5.78. The number of rotatable bonds is 5. The Bertz CT molecular complexity index is 463. The van der Waals surface area contributed by atoms with E-state index < -0.39 is 0 Å². The molecule has 0 spiro atoms. The summed E-state index contributed by atoms with van der Waals surface area (Å²) in [7, 11) is 6.43. The Morgan fingerprint density at radius 2 is 1.79 bits per heavy atom. The van der Waals surface area contributed by atoms with E-state index in [4.69, 9.17) is 4.74 Å². The molecule has 0 N–H and O–H groups in total. The lowest BCUT2D eigenvalue weighted by molar-refractivity contribution is -0.870. The minimum absolute atomic E-state index is 0.103. The molecular formula is C21H40NO2+. The summed E-state index contributed by atoms with van der Waals surface area (Å²) in [5.41, 5.74) is 0.114. The zero-order valence-electron chi connectivity index (χ0n) is 17.3. The molecule has 140 valence electrons. The molecule has 0 heterocycles. The zero-order chi connectivity index (χ0) is 18.3. The molecule has 2 rings (SSSR count). The quantitative estimate of drug-likeness (QED) is 0.550. The van der Waals surface area contributed by atoms with Gasteiger partial charge in [0.05, 0.1) is 26.6 Å². The third-order valence-electron chi connectivity index (χ3n) is 7.27. The fourth-order valence-electron chi connectivity index (χ4n) is 5.22. The van der Waals surface area contributed by atoms with E-state index in [-0.39, 0.29) is 11.4 Å². The fourth-order valence-corrected chi connectivity index (χ4v) is 5.22. The second-order valence-corrected chi connectivity index (χ2v) is 10.6. The maximum Gasteiger partial charge on any atom is 0.312 e. The van der Waals surface area contributed by atoms with Gasteiger partial charge >= 0.3 is 5.97 Å². The lowest BCUT2D eigenvalue weighted by atomic mass is 9.53. The van der Waals surface area contributed by atoms with Crippen LogP contribution in [0, 0.1) is 34.5 Å². The predicted molar refractivity (Wildman–Crippen MR) is 99.5 cm³/mol. The van der Waals surface area contributed by atoms with Gasteiger partial charge in [0.25, 0.3) is 0 Å². The minimum Gasteiger partial charge on any atom is -0.459 e. The number of carbonyl (C=O) groups is 1. The average molecular weight is 339 g/mol. The van der Waals surface area contributed by atoms with Crippen LogP contribution in [0.25, 0.3) is 0 Å². The van der Waals surface area contributed by atoms with Gasteiger partial charge in [-0.05, 0) is 54.8 Å². The van der Waals surface area contributed by atoms with Crippen LogP contribution < -0.4 is 0 Å². The summed E-state index contributed by atoms with van der Waals surface area (Å²) >= 11 is 0. The number of carbonyl (C=O) groups excluding carboxylic acids is 1. The van der Waals surface area contributed by atoms with E-state index in [1.165, 1.54) is 6.42 Å². The molecule has 2 saturated carbocycles. The van der Waals surface area contributed by atoms with Crippen molar-refractivity contribution < 1.29 is 14.0 Å². The number of likely N-dealkylation sites (N-methyl/N-ethyl adjacent to an activating group) is 1. The van der Waals surface area contributed by atoms with Crippen molar-refractivity contribution in [3.63, 3.8) is 0 Å². The van der Waals surface area contributed by atoms with E-state index in [9.17, 15) is 4.79 Å². The molecule has 3 heteroatoms. The van der Waals surface area contributed by atoms with Crippen molar-refractivity contribution in [2.75, 3.05) is 34.3 Å². The number of nitrogens with zero attached hydrogens (tertiary/aromatic N) is 1. The number of ether oxygens (including phenoxy) is 1. The van der Waals surface area contributed by atoms with Crippen molar-refractivity contribution in [1.29, 1.82) is 0 Å². The molecule has 2 fully saturated rings. The molecule has 0 radical (unpaired) electrons. The molecule has 0 aromatic rings. The summed E-state index contributed by atoms with van der Waals surface area (Å²) in [6, 6.07) is 0. The summed E-state index contributed by atoms with van der Waals surface area (Å²) < 4.78 is 6.69. The molecule has 2 aliphatic rings. The van der Waals surface area contributed by atoms with E-state index in [0.717, 1.165) is 30.3 Å². The van der Waals surface area contributed by atoms with Crippen molar-refractivity contribution >= 4 is 5.97 Å². The Balaban J connectivity index is 2.20. The van der Waals surface area contributed by atoms with Crippen LogP contribution in [0.3, 0.4) is 0 Å². The van der Waals surface area contributed by atoms with Gasteiger partial charge in [-0.25, -0.2) is 0 Å². The molecular weight excluding hydrogens is 298 g/mol. The highest BCUT2D eigenvalue weighted by Crippen LogP contribution is 2.63. The van der Waals surface area contributed by atoms with Crippen LogP contribution in [0.15, 0.2) is 0 Å².